The van der Waals surface area contributed by atoms with Crippen molar-refractivity contribution >= 4 is 40.1 Å². The van der Waals surface area contributed by atoms with E-state index in [2.05, 4.69) is 10.6 Å². The predicted molar refractivity (Wildman–Crippen MR) is 143 cm³/mol. The molecule has 4 rings (SSSR count). The molecule has 1 aliphatic heterocycles. The molecule has 0 saturated carbocycles. The molecular formula is C27H26ClN3O3S. The second-order valence-corrected chi connectivity index (χ2v) is 9.24. The summed E-state index contributed by atoms with van der Waals surface area (Å²) in [6.07, 6.45) is 0. The normalized spacial score (nSPS) is 15.2. The van der Waals surface area contributed by atoms with E-state index in [9.17, 15) is 4.79 Å². The van der Waals surface area contributed by atoms with Crippen LogP contribution in [0.25, 0.3) is 0 Å². The molecule has 0 unspecified atom stereocenters. The van der Waals surface area contributed by atoms with Crippen LogP contribution < -0.4 is 20.1 Å². The van der Waals surface area contributed by atoms with E-state index in [4.69, 9.17) is 26.1 Å². The third-order valence-corrected chi connectivity index (χ3v) is 6.73. The van der Waals surface area contributed by atoms with Crippen LogP contribution in [0.2, 0.25) is 5.02 Å². The Morgan fingerprint density at radius 3 is 2.49 bits per heavy atom. The van der Waals surface area contributed by atoms with Crippen LogP contribution in [0, 0.1) is 0 Å². The van der Waals surface area contributed by atoms with Gasteiger partial charge in [0.15, 0.2) is 5.17 Å². The maximum Gasteiger partial charge on any atom is 0.255 e. The number of aliphatic imine (C=N–C) groups is 1. The zero-order chi connectivity index (χ0) is 24.8. The van der Waals surface area contributed by atoms with Gasteiger partial charge in [-0.05, 0) is 48.9 Å². The summed E-state index contributed by atoms with van der Waals surface area (Å²) in [6.45, 7) is 1.89. The largest absolute Gasteiger partial charge is 0.497 e. The van der Waals surface area contributed by atoms with Crippen molar-refractivity contribution in [3.05, 3.63) is 100 Å². The molecule has 1 amide bonds. The zero-order valence-corrected chi connectivity index (χ0v) is 21.2. The molecule has 0 spiro atoms. The number of hydrogen-bond donors (Lipinski definition) is 2. The maximum atomic E-state index is 13.4. The number of anilines is 1. The number of nitrogens with one attached hydrogen (secondary N) is 2. The first-order chi connectivity index (χ1) is 17.0. The highest BCUT2D eigenvalue weighted by Crippen LogP contribution is 2.39. The number of halogens is 1. The molecule has 3 aromatic carbocycles. The first-order valence-electron chi connectivity index (χ1n) is 11.0. The Balaban J connectivity index is 1.67. The number of carbonyl (C=O) groups excluding carboxylic acids is 1. The van der Waals surface area contributed by atoms with Gasteiger partial charge in [-0.15, -0.1) is 0 Å². The van der Waals surface area contributed by atoms with Crippen LogP contribution in [0.1, 0.15) is 24.1 Å². The van der Waals surface area contributed by atoms with E-state index in [0.29, 0.717) is 33.5 Å². The lowest BCUT2D eigenvalue weighted by molar-refractivity contribution is -0.113. The van der Waals surface area contributed by atoms with Crippen molar-refractivity contribution in [1.29, 1.82) is 0 Å². The molecule has 35 heavy (non-hydrogen) atoms. The van der Waals surface area contributed by atoms with Gasteiger partial charge in [-0.2, -0.15) is 0 Å². The number of carbonyl (C=O) groups is 1. The smallest absolute Gasteiger partial charge is 0.255 e. The molecule has 0 bridgehead atoms. The molecule has 0 aliphatic carbocycles. The van der Waals surface area contributed by atoms with Crippen LogP contribution in [0.4, 0.5) is 5.69 Å². The number of ether oxygens (including phenoxy) is 2. The molecule has 1 atom stereocenters. The van der Waals surface area contributed by atoms with E-state index in [1.165, 1.54) is 0 Å². The van der Waals surface area contributed by atoms with Crippen LogP contribution in [-0.4, -0.2) is 25.3 Å². The second-order valence-electron chi connectivity index (χ2n) is 7.84. The maximum absolute atomic E-state index is 13.4. The molecule has 1 aliphatic rings. The lowest BCUT2D eigenvalue weighted by Crippen LogP contribution is -2.32. The van der Waals surface area contributed by atoms with E-state index in [1.54, 1.807) is 32.0 Å². The third-order valence-electron chi connectivity index (χ3n) is 5.52. The molecule has 6 nitrogen and oxygen atoms in total. The minimum atomic E-state index is -0.562. The Morgan fingerprint density at radius 1 is 1.06 bits per heavy atom. The standard InChI is InChI=1S/C27H26ClN3O3S/c1-17-24(26(32)30-20-7-5-4-6-8-20)25(22-14-13-21(33-2)15-23(22)34-3)31-27(29-17)35-16-18-9-11-19(28)12-10-18/h4-15,25H,16H2,1-3H3,(H,29,31)(H,30,32)/t25-/m0/s1. The topological polar surface area (TPSA) is 72.0 Å². The fourth-order valence-electron chi connectivity index (χ4n) is 3.74. The van der Waals surface area contributed by atoms with Crippen molar-refractivity contribution < 1.29 is 14.3 Å². The second kappa shape index (κ2) is 11.3. The summed E-state index contributed by atoms with van der Waals surface area (Å²) in [5, 5.41) is 7.72. The van der Waals surface area contributed by atoms with Crippen molar-refractivity contribution in [2.45, 2.75) is 18.7 Å². The molecule has 8 heteroatoms. The first kappa shape index (κ1) is 24.7. The third kappa shape index (κ3) is 5.99. The zero-order valence-electron chi connectivity index (χ0n) is 19.7. The molecule has 1 heterocycles. The van der Waals surface area contributed by atoms with Crippen LogP contribution >= 0.6 is 23.4 Å². The van der Waals surface area contributed by atoms with Gasteiger partial charge in [-0.3, -0.25) is 4.79 Å². The number of amidine groups is 1. The molecule has 180 valence electrons. The number of methoxy groups -OCH3 is 2. The lowest BCUT2D eigenvalue weighted by Gasteiger charge is -2.27. The number of benzene rings is 3. The molecular weight excluding hydrogens is 482 g/mol. The van der Waals surface area contributed by atoms with Crippen molar-refractivity contribution in [3.8, 4) is 11.5 Å². The van der Waals surface area contributed by atoms with Crippen LogP contribution in [0.15, 0.2) is 89.1 Å². The summed E-state index contributed by atoms with van der Waals surface area (Å²) in [7, 11) is 3.20. The average Bonchev–Trinajstić information content (AvgIpc) is 2.88. The highest BCUT2D eigenvalue weighted by Gasteiger charge is 2.31. The van der Waals surface area contributed by atoms with Gasteiger partial charge in [0.1, 0.15) is 17.5 Å². The Bertz CT molecular complexity index is 1260. The Kier molecular flexibility index (Phi) is 8.00. The Hall–Kier alpha value is -3.42. The van der Waals surface area contributed by atoms with Crippen LogP contribution in [0.3, 0.4) is 0 Å². The fraction of sp³-hybridized carbons (Fsp3) is 0.185. The van der Waals surface area contributed by atoms with Crippen molar-refractivity contribution in [3.63, 3.8) is 0 Å². The summed E-state index contributed by atoms with van der Waals surface area (Å²) in [6, 6.07) is 22.1. The minimum Gasteiger partial charge on any atom is -0.497 e. The summed E-state index contributed by atoms with van der Waals surface area (Å²) in [4.78, 5) is 18.4. The monoisotopic (exact) mass is 507 g/mol. The minimum absolute atomic E-state index is 0.227. The van der Waals surface area contributed by atoms with E-state index < -0.39 is 6.04 Å². The Labute approximate surface area is 214 Å². The Morgan fingerprint density at radius 2 is 1.80 bits per heavy atom. The summed E-state index contributed by atoms with van der Waals surface area (Å²) in [5.41, 5.74) is 3.86. The molecule has 0 fully saturated rings. The number of amides is 1. The van der Waals surface area contributed by atoms with Gasteiger partial charge in [0.2, 0.25) is 0 Å². The van der Waals surface area contributed by atoms with Gasteiger partial charge in [-0.1, -0.05) is 53.7 Å². The quantitative estimate of drug-likeness (QED) is 0.398. The van der Waals surface area contributed by atoms with Gasteiger partial charge in [0.05, 0.1) is 19.8 Å². The van der Waals surface area contributed by atoms with E-state index in [-0.39, 0.29) is 5.91 Å². The van der Waals surface area contributed by atoms with E-state index >= 15 is 0 Å². The summed E-state index contributed by atoms with van der Waals surface area (Å²) in [5.74, 6) is 1.74. The average molecular weight is 508 g/mol. The van der Waals surface area contributed by atoms with E-state index in [1.807, 2.05) is 73.7 Å². The molecule has 0 radical (unpaired) electrons. The number of para-hydroxylation sites is 1. The summed E-state index contributed by atoms with van der Waals surface area (Å²) < 4.78 is 11.0. The number of hydrogen-bond acceptors (Lipinski definition) is 6. The van der Waals surface area contributed by atoms with E-state index in [0.717, 1.165) is 22.0 Å². The number of allylic oxidation sites excluding steroid dienone is 1. The van der Waals surface area contributed by atoms with Gasteiger partial charge in [0.25, 0.3) is 5.91 Å². The van der Waals surface area contributed by atoms with Crippen molar-refractivity contribution in [2.24, 2.45) is 4.99 Å². The molecule has 2 N–H and O–H groups in total. The van der Waals surface area contributed by atoms with Gasteiger partial charge in [-0.25, -0.2) is 4.99 Å². The first-order valence-corrected chi connectivity index (χ1v) is 12.4. The summed E-state index contributed by atoms with van der Waals surface area (Å²) >= 11 is 7.57. The fourth-order valence-corrected chi connectivity index (χ4v) is 4.76. The van der Waals surface area contributed by atoms with Crippen LogP contribution in [0.5, 0.6) is 11.5 Å². The molecule has 0 aromatic heterocycles. The number of nitrogens with zero attached hydrogens (tertiary/aromatic N) is 1. The molecule has 3 aromatic rings. The number of thioether (sulfide) groups is 1. The van der Waals surface area contributed by atoms with Gasteiger partial charge in [0, 0.05) is 33.8 Å². The van der Waals surface area contributed by atoms with Crippen molar-refractivity contribution in [1.82, 2.24) is 5.32 Å². The van der Waals surface area contributed by atoms with Gasteiger partial charge < -0.3 is 20.1 Å². The highest BCUT2D eigenvalue weighted by atomic mass is 35.5. The highest BCUT2D eigenvalue weighted by molar-refractivity contribution is 8.13. The SMILES string of the molecule is COc1ccc([C@@H]2N=C(SCc3ccc(Cl)cc3)NC(C)=C2C(=O)Nc2ccccc2)c(OC)c1. The van der Waals surface area contributed by atoms with Gasteiger partial charge >= 0.3 is 0 Å². The lowest BCUT2D eigenvalue weighted by atomic mass is 9.95. The molecule has 0 saturated heterocycles. The van der Waals surface area contributed by atoms with Crippen LogP contribution in [-0.2, 0) is 10.5 Å². The number of rotatable bonds is 7. The van der Waals surface area contributed by atoms with Crippen molar-refractivity contribution in [2.75, 3.05) is 19.5 Å². The predicted octanol–water partition coefficient (Wildman–Crippen LogP) is 6.20.